The number of hydrogen-bond acceptors (Lipinski definition) is 4. The zero-order chi connectivity index (χ0) is 21.4. The Kier molecular flexibility index (Phi) is 5.06. The van der Waals surface area contributed by atoms with Crippen LogP contribution in [0.15, 0.2) is 49.1 Å². The van der Waals surface area contributed by atoms with Crippen molar-refractivity contribution in [2.75, 3.05) is 7.11 Å². The van der Waals surface area contributed by atoms with Crippen LogP contribution >= 0.6 is 0 Å². The number of rotatable bonds is 5. The van der Waals surface area contributed by atoms with E-state index in [1.165, 1.54) is 29.5 Å². The van der Waals surface area contributed by atoms with Crippen molar-refractivity contribution in [2.24, 2.45) is 0 Å². The maximum absolute atomic E-state index is 5.66. The van der Waals surface area contributed by atoms with E-state index in [0.29, 0.717) is 6.42 Å². The third-order valence-corrected chi connectivity index (χ3v) is 5.85. The van der Waals surface area contributed by atoms with Crippen LogP contribution in [0.1, 0.15) is 53.9 Å². The standard InChI is InChI=1S/C25H27N5O/c1-17-11-21(20-7-5-4-6-8-20)25-27-24(28-30(25)14-17)13-19-9-10-22(23(12-19)31-3)29-15-18(2)26-16-29/h7,9-12,14-16H,4-6,8,13H2,1-3H3. The number of pyridine rings is 1. The molecule has 6 nitrogen and oxygen atoms in total. The number of nitrogens with zero attached hydrogens (tertiary/aromatic N) is 5. The van der Waals surface area contributed by atoms with Crippen LogP contribution in [0.4, 0.5) is 0 Å². The highest BCUT2D eigenvalue weighted by Crippen LogP contribution is 2.30. The number of benzene rings is 1. The van der Waals surface area contributed by atoms with E-state index in [4.69, 9.17) is 14.8 Å². The Bertz CT molecular complexity index is 1280. The fourth-order valence-corrected chi connectivity index (χ4v) is 4.34. The second-order valence-electron chi connectivity index (χ2n) is 8.31. The summed E-state index contributed by atoms with van der Waals surface area (Å²) in [5.41, 5.74) is 7.83. The molecule has 3 aromatic heterocycles. The molecule has 0 N–H and O–H groups in total. The normalized spacial score (nSPS) is 14.1. The van der Waals surface area contributed by atoms with Gasteiger partial charge < -0.3 is 9.30 Å². The monoisotopic (exact) mass is 413 g/mol. The number of aryl methyl sites for hydroxylation is 2. The zero-order valence-electron chi connectivity index (χ0n) is 18.3. The van der Waals surface area contributed by atoms with Crippen molar-refractivity contribution in [1.29, 1.82) is 0 Å². The van der Waals surface area contributed by atoms with E-state index < -0.39 is 0 Å². The number of hydrogen-bond donors (Lipinski definition) is 0. The molecule has 0 saturated heterocycles. The molecule has 0 fully saturated rings. The molecule has 5 rings (SSSR count). The Morgan fingerprint density at radius 3 is 2.74 bits per heavy atom. The molecule has 0 spiro atoms. The number of aromatic nitrogens is 5. The Labute approximate surface area is 182 Å². The van der Waals surface area contributed by atoms with Gasteiger partial charge in [0.15, 0.2) is 11.5 Å². The lowest BCUT2D eigenvalue weighted by Gasteiger charge is -2.13. The molecule has 3 heterocycles. The predicted molar refractivity (Wildman–Crippen MR) is 122 cm³/mol. The van der Waals surface area contributed by atoms with Crippen molar-refractivity contribution in [3.63, 3.8) is 0 Å². The first-order valence-electron chi connectivity index (χ1n) is 10.8. The Morgan fingerprint density at radius 1 is 1.10 bits per heavy atom. The van der Waals surface area contributed by atoms with Gasteiger partial charge in [-0.2, -0.15) is 5.10 Å². The maximum atomic E-state index is 5.66. The summed E-state index contributed by atoms with van der Waals surface area (Å²) < 4.78 is 9.58. The van der Waals surface area contributed by atoms with E-state index in [0.717, 1.165) is 47.0 Å². The van der Waals surface area contributed by atoms with Gasteiger partial charge in [0, 0.05) is 24.4 Å². The van der Waals surface area contributed by atoms with Gasteiger partial charge in [0.05, 0.1) is 24.8 Å². The van der Waals surface area contributed by atoms with E-state index in [9.17, 15) is 0 Å². The quantitative estimate of drug-likeness (QED) is 0.457. The van der Waals surface area contributed by atoms with Gasteiger partial charge in [-0.25, -0.2) is 14.5 Å². The fourth-order valence-electron chi connectivity index (χ4n) is 4.34. The van der Waals surface area contributed by atoms with Crippen molar-refractivity contribution in [1.82, 2.24) is 24.1 Å². The van der Waals surface area contributed by atoms with Gasteiger partial charge in [0.25, 0.3) is 0 Å². The van der Waals surface area contributed by atoms with Crippen molar-refractivity contribution < 1.29 is 4.74 Å². The molecular formula is C25H27N5O. The summed E-state index contributed by atoms with van der Waals surface area (Å²) in [5.74, 6) is 1.62. The number of methoxy groups -OCH3 is 1. The first-order valence-corrected chi connectivity index (χ1v) is 10.8. The van der Waals surface area contributed by atoms with Gasteiger partial charge in [0.2, 0.25) is 0 Å². The minimum atomic E-state index is 0.652. The van der Waals surface area contributed by atoms with Crippen LogP contribution in [0.2, 0.25) is 0 Å². The smallest absolute Gasteiger partial charge is 0.163 e. The zero-order valence-corrected chi connectivity index (χ0v) is 18.3. The minimum absolute atomic E-state index is 0.652. The first kappa shape index (κ1) is 19.5. The molecule has 1 aliphatic carbocycles. The average Bonchev–Trinajstić information content (AvgIpc) is 3.39. The molecule has 1 aliphatic rings. The lowest BCUT2D eigenvalue weighted by atomic mass is 9.94. The summed E-state index contributed by atoms with van der Waals surface area (Å²) in [7, 11) is 1.70. The highest BCUT2D eigenvalue weighted by atomic mass is 16.5. The maximum Gasteiger partial charge on any atom is 0.163 e. The fraction of sp³-hybridized carbons (Fsp3) is 0.320. The van der Waals surface area contributed by atoms with Crippen LogP contribution in [0.5, 0.6) is 5.75 Å². The number of fused-ring (bicyclic) bond motifs is 1. The van der Waals surface area contributed by atoms with Crippen molar-refractivity contribution in [3.8, 4) is 11.4 Å². The molecule has 31 heavy (non-hydrogen) atoms. The van der Waals surface area contributed by atoms with Crippen LogP contribution in [0.25, 0.3) is 16.9 Å². The molecular weight excluding hydrogens is 386 g/mol. The van der Waals surface area contributed by atoms with E-state index in [-0.39, 0.29) is 0 Å². The third-order valence-electron chi connectivity index (χ3n) is 5.85. The van der Waals surface area contributed by atoms with Crippen LogP contribution < -0.4 is 4.74 Å². The van der Waals surface area contributed by atoms with Crippen LogP contribution in [-0.2, 0) is 6.42 Å². The largest absolute Gasteiger partial charge is 0.495 e. The van der Waals surface area contributed by atoms with Crippen LogP contribution in [0, 0.1) is 13.8 Å². The summed E-state index contributed by atoms with van der Waals surface area (Å²) in [5, 5.41) is 4.79. The Morgan fingerprint density at radius 2 is 2.00 bits per heavy atom. The second-order valence-corrected chi connectivity index (χ2v) is 8.31. The molecule has 0 radical (unpaired) electrons. The van der Waals surface area contributed by atoms with E-state index in [2.05, 4.69) is 48.4 Å². The summed E-state index contributed by atoms with van der Waals surface area (Å²) in [6, 6.07) is 8.48. The molecule has 0 atom stereocenters. The van der Waals surface area contributed by atoms with E-state index in [1.54, 1.807) is 13.4 Å². The highest BCUT2D eigenvalue weighted by molar-refractivity contribution is 5.76. The molecule has 0 saturated carbocycles. The Hall–Kier alpha value is -3.41. The molecule has 0 aliphatic heterocycles. The molecule has 0 bridgehead atoms. The topological polar surface area (TPSA) is 57.2 Å². The number of imidazole rings is 1. The number of allylic oxidation sites excluding steroid dienone is 2. The van der Waals surface area contributed by atoms with Gasteiger partial charge in [-0.15, -0.1) is 0 Å². The summed E-state index contributed by atoms with van der Waals surface area (Å²) in [6.07, 6.45) is 13.7. The van der Waals surface area contributed by atoms with Crippen LogP contribution in [-0.4, -0.2) is 31.3 Å². The van der Waals surface area contributed by atoms with E-state index in [1.807, 2.05) is 22.2 Å². The lowest BCUT2D eigenvalue weighted by Crippen LogP contribution is -1.98. The first-order chi connectivity index (χ1) is 15.1. The number of ether oxygens (including phenoxy) is 1. The van der Waals surface area contributed by atoms with Crippen molar-refractivity contribution >= 4 is 11.2 Å². The lowest BCUT2D eigenvalue weighted by molar-refractivity contribution is 0.412. The third kappa shape index (κ3) is 3.85. The summed E-state index contributed by atoms with van der Waals surface area (Å²) >= 11 is 0. The predicted octanol–water partition coefficient (Wildman–Crippen LogP) is 5.09. The van der Waals surface area contributed by atoms with Gasteiger partial charge in [-0.1, -0.05) is 12.1 Å². The molecule has 0 amide bonds. The van der Waals surface area contributed by atoms with E-state index >= 15 is 0 Å². The SMILES string of the molecule is COc1cc(Cc2nc3c(C4=CCCCC4)cc(C)cn3n2)ccc1-n1cnc(C)c1. The molecule has 1 aromatic carbocycles. The molecule has 6 heteroatoms. The van der Waals surface area contributed by atoms with Crippen molar-refractivity contribution in [3.05, 3.63) is 77.3 Å². The van der Waals surface area contributed by atoms with Crippen LogP contribution in [0.3, 0.4) is 0 Å². The van der Waals surface area contributed by atoms with Gasteiger partial charge in [-0.3, -0.25) is 0 Å². The summed E-state index contributed by atoms with van der Waals surface area (Å²) in [4.78, 5) is 9.24. The molecule has 0 unspecified atom stereocenters. The van der Waals surface area contributed by atoms with Crippen molar-refractivity contribution in [2.45, 2.75) is 46.0 Å². The highest BCUT2D eigenvalue weighted by Gasteiger charge is 2.15. The summed E-state index contributed by atoms with van der Waals surface area (Å²) in [6.45, 7) is 4.10. The van der Waals surface area contributed by atoms with Gasteiger partial charge in [0.1, 0.15) is 5.75 Å². The Balaban J connectivity index is 1.49. The van der Waals surface area contributed by atoms with Gasteiger partial charge in [-0.05, 0) is 74.4 Å². The molecule has 158 valence electrons. The second kappa shape index (κ2) is 8.02. The average molecular weight is 414 g/mol. The van der Waals surface area contributed by atoms with Gasteiger partial charge >= 0.3 is 0 Å². The minimum Gasteiger partial charge on any atom is -0.495 e. The molecule has 4 aromatic rings.